The number of ether oxygens (including phenoxy) is 1. The second-order valence-corrected chi connectivity index (χ2v) is 4.31. The van der Waals surface area contributed by atoms with Crippen LogP contribution in [0.15, 0.2) is 24.3 Å². The fourth-order valence-corrected chi connectivity index (χ4v) is 1.86. The number of rotatable bonds is 5. The molecule has 2 N–H and O–H groups in total. The highest BCUT2D eigenvalue weighted by atomic mass is 16.5. The van der Waals surface area contributed by atoms with Gasteiger partial charge in [-0.1, -0.05) is 38.1 Å². The van der Waals surface area contributed by atoms with Crippen LogP contribution in [0.25, 0.3) is 0 Å². The molecular weight excluding hydrogens is 190 g/mol. The molecule has 0 saturated heterocycles. The van der Waals surface area contributed by atoms with Gasteiger partial charge in [-0.05, 0) is 11.1 Å². The van der Waals surface area contributed by atoms with Crippen molar-refractivity contribution in [1.82, 2.24) is 5.48 Å². The van der Waals surface area contributed by atoms with E-state index in [1.54, 1.807) is 7.11 Å². The van der Waals surface area contributed by atoms with Gasteiger partial charge in [0.1, 0.15) is 0 Å². The molecule has 3 nitrogen and oxygen atoms in total. The van der Waals surface area contributed by atoms with E-state index in [4.69, 9.17) is 9.94 Å². The van der Waals surface area contributed by atoms with Crippen LogP contribution in [0, 0.1) is 0 Å². The molecule has 0 aliphatic carbocycles. The van der Waals surface area contributed by atoms with E-state index in [-0.39, 0.29) is 5.41 Å². The Labute approximate surface area is 91.0 Å². The zero-order chi connectivity index (χ0) is 11.3. The Hall–Kier alpha value is -0.900. The van der Waals surface area contributed by atoms with E-state index in [0.29, 0.717) is 13.2 Å². The third-order valence-corrected chi connectivity index (χ3v) is 2.52. The summed E-state index contributed by atoms with van der Waals surface area (Å²) in [6.45, 7) is 5.39. The van der Waals surface area contributed by atoms with Crippen molar-refractivity contribution in [3.8, 4) is 0 Å². The number of methoxy groups -OCH3 is 1. The predicted molar refractivity (Wildman–Crippen MR) is 60.0 cm³/mol. The average Bonchev–Trinajstić information content (AvgIpc) is 2.19. The van der Waals surface area contributed by atoms with Gasteiger partial charge in [-0.2, -0.15) is 0 Å². The highest BCUT2D eigenvalue weighted by Crippen LogP contribution is 2.26. The van der Waals surface area contributed by atoms with Crippen LogP contribution in [0.4, 0.5) is 0 Å². The van der Waals surface area contributed by atoms with Gasteiger partial charge in [0.25, 0.3) is 0 Å². The van der Waals surface area contributed by atoms with E-state index in [1.165, 1.54) is 5.56 Å². The van der Waals surface area contributed by atoms with Crippen molar-refractivity contribution in [2.45, 2.75) is 25.8 Å². The van der Waals surface area contributed by atoms with Crippen molar-refractivity contribution in [3.05, 3.63) is 35.4 Å². The monoisotopic (exact) mass is 209 g/mol. The smallest absolute Gasteiger partial charge is 0.0553 e. The lowest BCUT2D eigenvalue weighted by molar-refractivity contribution is 0.143. The first kappa shape index (κ1) is 12.2. The molecule has 0 spiro atoms. The zero-order valence-corrected chi connectivity index (χ0v) is 9.58. The number of hydrogen-bond acceptors (Lipinski definition) is 3. The van der Waals surface area contributed by atoms with Crippen LogP contribution in [0.3, 0.4) is 0 Å². The molecule has 15 heavy (non-hydrogen) atoms. The summed E-state index contributed by atoms with van der Waals surface area (Å²) in [4.78, 5) is 0. The fraction of sp³-hybridized carbons (Fsp3) is 0.500. The number of hydrogen-bond donors (Lipinski definition) is 2. The van der Waals surface area contributed by atoms with Gasteiger partial charge in [0.2, 0.25) is 0 Å². The summed E-state index contributed by atoms with van der Waals surface area (Å²) < 4.78 is 5.21. The Kier molecular flexibility index (Phi) is 4.27. The van der Waals surface area contributed by atoms with Gasteiger partial charge < -0.3 is 9.94 Å². The van der Waals surface area contributed by atoms with E-state index in [0.717, 1.165) is 5.56 Å². The van der Waals surface area contributed by atoms with E-state index in [9.17, 15) is 0 Å². The maximum absolute atomic E-state index is 8.76. The minimum atomic E-state index is -0.0395. The first-order valence-corrected chi connectivity index (χ1v) is 5.06. The summed E-state index contributed by atoms with van der Waals surface area (Å²) in [6, 6.07) is 8.06. The van der Waals surface area contributed by atoms with Crippen molar-refractivity contribution in [2.24, 2.45) is 0 Å². The second kappa shape index (κ2) is 5.26. The molecule has 0 atom stereocenters. The molecular formula is C12H19NO2. The molecule has 3 heteroatoms. The van der Waals surface area contributed by atoms with Gasteiger partial charge in [-0.15, -0.1) is 0 Å². The molecule has 0 saturated carbocycles. The van der Waals surface area contributed by atoms with Gasteiger partial charge in [0.05, 0.1) is 6.61 Å². The van der Waals surface area contributed by atoms with Crippen molar-refractivity contribution < 1.29 is 9.94 Å². The predicted octanol–water partition coefficient (Wildman–Crippen LogP) is 2.09. The largest absolute Gasteiger partial charge is 0.384 e. The summed E-state index contributed by atoms with van der Waals surface area (Å²) >= 11 is 0. The number of benzene rings is 1. The Morgan fingerprint density at radius 3 is 2.60 bits per heavy atom. The van der Waals surface area contributed by atoms with Gasteiger partial charge in [-0.25, -0.2) is 5.48 Å². The van der Waals surface area contributed by atoms with Crippen molar-refractivity contribution in [3.63, 3.8) is 0 Å². The third-order valence-electron chi connectivity index (χ3n) is 2.52. The quantitative estimate of drug-likeness (QED) is 0.730. The first-order chi connectivity index (χ1) is 7.11. The van der Waals surface area contributed by atoms with Crippen LogP contribution in [0.5, 0.6) is 0 Å². The topological polar surface area (TPSA) is 41.5 Å². The van der Waals surface area contributed by atoms with Crippen LogP contribution < -0.4 is 5.48 Å². The molecule has 1 rings (SSSR count). The lowest BCUT2D eigenvalue weighted by Gasteiger charge is -2.26. The van der Waals surface area contributed by atoms with Crippen LogP contribution in [-0.4, -0.2) is 18.9 Å². The minimum Gasteiger partial charge on any atom is -0.384 e. The molecule has 0 aromatic heterocycles. The van der Waals surface area contributed by atoms with Gasteiger partial charge in [0.15, 0.2) is 0 Å². The molecule has 0 heterocycles. The van der Waals surface area contributed by atoms with Crippen LogP contribution in [0.1, 0.15) is 25.0 Å². The normalized spacial score (nSPS) is 11.7. The highest BCUT2D eigenvalue weighted by molar-refractivity contribution is 5.33. The molecule has 0 aliphatic heterocycles. The van der Waals surface area contributed by atoms with Crippen LogP contribution in [0.2, 0.25) is 0 Å². The van der Waals surface area contributed by atoms with Crippen molar-refractivity contribution in [2.75, 3.05) is 13.7 Å². The average molecular weight is 209 g/mol. The van der Waals surface area contributed by atoms with Crippen LogP contribution >= 0.6 is 0 Å². The maximum atomic E-state index is 8.76. The summed E-state index contributed by atoms with van der Waals surface area (Å²) in [5, 5.41) is 8.76. The van der Waals surface area contributed by atoms with E-state index in [1.807, 2.05) is 18.2 Å². The Bertz CT molecular complexity index is 310. The molecule has 0 aliphatic rings. The second-order valence-electron chi connectivity index (χ2n) is 4.31. The molecule has 84 valence electrons. The SMILES string of the molecule is COCC(C)(C)c1ccccc1CNO. The maximum Gasteiger partial charge on any atom is 0.0553 e. The van der Waals surface area contributed by atoms with Gasteiger partial charge in [-0.3, -0.25) is 0 Å². The Morgan fingerprint density at radius 1 is 1.33 bits per heavy atom. The molecule has 1 aromatic rings. The number of nitrogens with one attached hydrogen (secondary N) is 1. The minimum absolute atomic E-state index is 0.0395. The molecule has 0 amide bonds. The standard InChI is InChI=1S/C12H19NO2/c1-12(2,9-15-3)11-7-5-4-6-10(11)8-13-14/h4-7,13-14H,8-9H2,1-3H3. The Balaban J connectivity index is 3.00. The zero-order valence-electron chi connectivity index (χ0n) is 9.58. The van der Waals surface area contributed by atoms with E-state index >= 15 is 0 Å². The van der Waals surface area contributed by atoms with Gasteiger partial charge >= 0.3 is 0 Å². The lowest BCUT2D eigenvalue weighted by atomic mass is 9.82. The highest BCUT2D eigenvalue weighted by Gasteiger charge is 2.22. The van der Waals surface area contributed by atoms with Crippen molar-refractivity contribution in [1.29, 1.82) is 0 Å². The van der Waals surface area contributed by atoms with Crippen molar-refractivity contribution >= 4 is 0 Å². The van der Waals surface area contributed by atoms with E-state index < -0.39 is 0 Å². The van der Waals surface area contributed by atoms with Gasteiger partial charge in [0, 0.05) is 19.1 Å². The number of hydroxylamine groups is 1. The fourth-order valence-electron chi connectivity index (χ4n) is 1.86. The summed E-state index contributed by atoms with van der Waals surface area (Å²) in [5.74, 6) is 0. The molecule has 1 aromatic carbocycles. The molecule has 0 radical (unpaired) electrons. The molecule has 0 bridgehead atoms. The Morgan fingerprint density at radius 2 is 2.00 bits per heavy atom. The first-order valence-electron chi connectivity index (χ1n) is 5.06. The van der Waals surface area contributed by atoms with E-state index in [2.05, 4.69) is 25.4 Å². The summed E-state index contributed by atoms with van der Waals surface area (Å²) in [7, 11) is 1.70. The van der Waals surface area contributed by atoms with Crippen LogP contribution in [-0.2, 0) is 16.7 Å². The lowest BCUT2D eigenvalue weighted by Crippen LogP contribution is -2.26. The summed E-state index contributed by atoms with van der Waals surface area (Å²) in [6.07, 6.45) is 0. The summed E-state index contributed by atoms with van der Waals surface area (Å²) in [5.41, 5.74) is 4.46. The third kappa shape index (κ3) is 3.02. The molecule has 0 unspecified atom stereocenters. The molecule has 0 fully saturated rings.